The van der Waals surface area contributed by atoms with Crippen LogP contribution in [0.4, 0.5) is 5.82 Å². The zero-order valence-corrected chi connectivity index (χ0v) is 13.5. The summed E-state index contributed by atoms with van der Waals surface area (Å²) in [7, 11) is 0. The van der Waals surface area contributed by atoms with Crippen molar-refractivity contribution >= 4 is 17.7 Å². The maximum atomic E-state index is 8.77. The van der Waals surface area contributed by atoms with Crippen molar-refractivity contribution < 1.29 is 4.63 Å². The fourth-order valence-electron chi connectivity index (χ4n) is 2.08. The highest BCUT2D eigenvalue weighted by molar-refractivity contribution is 5.98. The molecule has 0 saturated carbocycles. The van der Waals surface area contributed by atoms with E-state index >= 15 is 0 Å². The molecule has 0 aliphatic heterocycles. The van der Waals surface area contributed by atoms with Crippen LogP contribution in [0.2, 0.25) is 0 Å². The van der Waals surface area contributed by atoms with Crippen LogP contribution in [0.5, 0.6) is 0 Å². The molecule has 10 heteroatoms. The Hall–Kier alpha value is -3.87. The van der Waals surface area contributed by atoms with Crippen molar-refractivity contribution in [3.8, 4) is 11.9 Å². The highest BCUT2D eigenvalue weighted by Gasteiger charge is 2.17. The largest absolute Gasteiger partial charge is 0.378 e. The van der Waals surface area contributed by atoms with E-state index in [1.807, 2.05) is 0 Å². The van der Waals surface area contributed by atoms with Crippen LogP contribution >= 0.6 is 0 Å². The Labute approximate surface area is 142 Å². The number of hydrogen-bond acceptors (Lipinski definition) is 9. The second-order valence-corrected chi connectivity index (χ2v) is 5.07. The number of nitrogens with two attached hydrogens (primary N) is 1. The molecule has 0 aliphatic carbocycles. The third kappa shape index (κ3) is 3.25. The molecule has 0 spiro atoms. The molecule has 1 aromatic carbocycles. The van der Waals surface area contributed by atoms with Crippen molar-refractivity contribution in [1.82, 2.24) is 25.3 Å². The van der Waals surface area contributed by atoms with Crippen LogP contribution in [0.1, 0.15) is 29.4 Å². The van der Waals surface area contributed by atoms with Crippen LogP contribution in [-0.4, -0.2) is 37.2 Å². The average molecular weight is 335 g/mol. The Morgan fingerprint density at radius 3 is 2.72 bits per heavy atom. The zero-order valence-electron chi connectivity index (χ0n) is 13.5. The van der Waals surface area contributed by atoms with Crippen LogP contribution < -0.4 is 5.73 Å². The van der Waals surface area contributed by atoms with Gasteiger partial charge >= 0.3 is 0 Å². The monoisotopic (exact) mass is 335 g/mol. The molecule has 124 valence electrons. The van der Waals surface area contributed by atoms with Gasteiger partial charge in [0.2, 0.25) is 11.6 Å². The first-order valence-corrected chi connectivity index (χ1v) is 7.19. The zero-order chi connectivity index (χ0) is 17.8. The number of rotatable bonds is 4. The molecule has 0 unspecified atom stereocenters. The summed E-state index contributed by atoms with van der Waals surface area (Å²) in [4.78, 5) is 0. The number of aromatic nitrogens is 5. The third-order valence-corrected chi connectivity index (χ3v) is 3.39. The van der Waals surface area contributed by atoms with E-state index in [0.717, 1.165) is 5.56 Å². The first kappa shape index (κ1) is 16.0. The van der Waals surface area contributed by atoms with Gasteiger partial charge in [-0.1, -0.05) is 17.3 Å². The predicted molar refractivity (Wildman–Crippen MR) is 89.3 cm³/mol. The molecule has 3 rings (SSSR count). The summed E-state index contributed by atoms with van der Waals surface area (Å²) in [6.45, 7) is 3.56. The van der Waals surface area contributed by atoms with E-state index < -0.39 is 0 Å². The summed E-state index contributed by atoms with van der Waals surface area (Å²) in [5.74, 6) is 0.387. The van der Waals surface area contributed by atoms with Gasteiger partial charge in [0.15, 0.2) is 0 Å². The number of anilines is 1. The molecule has 0 bridgehead atoms. The summed E-state index contributed by atoms with van der Waals surface area (Å²) >= 11 is 0. The second kappa shape index (κ2) is 6.71. The fourth-order valence-corrected chi connectivity index (χ4v) is 2.08. The van der Waals surface area contributed by atoms with Crippen molar-refractivity contribution in [3.05, 3.63) is 46.8 Å². The maximum Gasteiger partial charge on any atom is 0.243 e. The quantitative estimate of drug-likeness (QED) is 0.558. The van der Waals surface area contributed by atoms with Gasteiger partial charge < -0.3 is 5.73 Å². The summed E-state index contributed by atoms with van der Waals surface area (Å²) in [5.41, 5.74) is 8.89. The molecule has 0 fully saturated rings. The lowest BCUT2D eigenvalue weighted by Gasteiger charge is -1.98. The van der Waals surface area contributed by atoms with Crippen molar-refractivity contribution in [2.24, 2.45) is 10.2 Å². The van der Waals surface area contributed by atoms with Crippen LogP contribution in [-0.2, 0) is 0 Å². The lowest BCUT2D eigenvalue weighted by atomic mass is 10.2. The third-order valence-electron chi connectivity index (χ3n) is 3.39. The fraction of sp³-hybridized carbons (Fsp3) is 0.133. The maximum absolute atomic E-state index is 8.77. The first-order valence-electron chi connectivity index (χ1n) is 7.19. The highest BCUT2D eigenvalue weighted by Crippen LogP contribution is 2.15. The standard InChI is InChI=1S/C15H13N9O/c1-9(19-18-8-12-5-3-11(7-16)4-6-12)13-10(2)24(23-20-13)15-14(17)21-25-22-15/h3-6,8H,1-2H3,(H2,17,21). The summed E-state index contributed by atoms with van der Waals surface area (Å²) in [5, 5.41) is 32.2. The number of benzene rings is 1. The van der Waals surface area contributed by atoms with E-state index in [2.05, 4.69) is 41.5 Å². The molecule has 25 heavy (non-hydrogen) atoms. The van der Waals surface area contributed by atoms with Crippen molar-refractivity contribution in [1.29, 1.82) is 5.26 Å². The average Bonchev–Trinajstić information content (AvgIpc) is 3.20. The number of nitrogen functional groups attached to an aromatic ring is 1. The van der Waals surface area contributed by atoms with E-state index in [1.54, 1.807) is 44.3 Å². The smallest absolute Gasteiger partial charge is 0.243 e. The SMILES string of the molecule is CC(=NN=Cc1ccc(C#N)cc1)c1nnn(-c2nonc2N)c1C. The Morgan fingerprint density at radius 1 is 1.32 bits per heavy atom. The van der Waals surface area contributed by atoms with Gasteiger partial charge in [0.05, 0.1) is 29.3 Å². The number of nitrogens with zero attached hydrogens (tertiary/aromatic N) is 8. The van der Waals surface area contributed by atoms with E-state index in [0.29, 0.717) is 22.7 Å². The predicted octanol–water partition coefficient (Wildman–Crippen LogP) is 1.26. The molecular formula is C15H13N9O. The van der Waals surface area contributed by atoms with E-state index in [-0.39, 0.29) is 11.6 Å². The molecule has 0 saturated heterocycles. The Bertz CT molecular complexity index is 989. The molecule has 2 heterocycles. The second-order valence-electron chi connectivity index (χ2n) is 5.07. The molecule has 0 amide bonds. The van der Waals surface area contributed by atoms with Crippen molar-refractivity contribution in [2.45, 2.75) is 13.8 Å². The molecule has 2 N–H and O–H groups in total. The van der Waals surface area contributed by atoms with Crippen molar-refractivity contribution in [3.63, 3.8) is 0 Å². The Morgan fingerprint density at radius 2 is 2.08 bits per heavy atom. The summed E-state index contributed by atoms with van der Waals surface area (Å²) < 4.78 is 5.99. The minimum atomic E-state index is 0.118. The van der Waals surface area contributed by atoms with Crippen LogP contribution in [0.3, 0.4) is 0 Å². The van der Waals surface area contributed by atoms with Gasteiger partial charge in [0.25, 0.3) is 0 Å². The number of hydrogen-bond donors (Lipinski definition) is 1. The van der Waals surface area contributed by atoms with Gasteiger partial charge in [0.1, 0.15) is 5.69 Å². The van der Waals surface area contributed by atoms with Crippen LogP contribution in [0.25, 0.3) is 5.82 Å². The van der Waals surface area contributed by atoms with Crippen LogP contribution in [0, 0.1) is 18.3 Å². The van der Waals surface area contributed by atoms with E-state index in [4.69, 9.17) is 11.0 Å². The van der Waals surface area contributed by atoms with Gasteiger partial charge in [-0.15, -0.1) is 5.10 Å². The van der Waals surface area contributed by atoms with Gasteiger partial charge in [-0.3, -0.25) is 0 Å². The molecule has 2 aromatic heterocycles. The van der Waals surface area contributed by atoms with Crippen LogP contribution in [0.15, 0.2) is 39.1 Å². The first-order chi connectivity index (χ1) is 12.1. The van der Waals surface area contributed by atoms with E-state index in [1.165, 1.54) is 4.68 Å². The van der Waals surface area contributed by atoms with E-state index in [9.17, 15) is 0 Å². The van der Waals surface area contributed by atoms with Gasteiger partial charge in [0, 0.05) is 0 Å². The summed E-state index contributed by atoms with van der Waals surface area (Å²) in [6, 6.07) is 9.06. The topological polar surface area (TPSA) is 144 Å². The van der Waals surface area contributed by atoms with Gasteiger partial charge in [-0.25, -0.2) is 4.63 Å². The summed E-state index contributed by atoms with van der Waals surface area (Å²) in [6.07, 6.45) is 1.59. The normalized spacial score (nSPS) is 11.8. The molecule has 0 atom stereocenters. The lowest BCUT2D eigenvalue weighted by Crippen LogP contribution is -2.04. The van der Waals surface area contributed by atoms with Gasteiger partial charge in [-0.05, 0) is 41.9 Å². The lowest BCUT2D eigenvalue weighted by molar-refractivity contribution is 0.306. The minimum Gasteiger partial charge on any atom is -0.378 e. The molecular weight excluding hydrogens is 322 g/mol. The Kier molecular flexibility index (Phi) is 4.30. The molecule has 3 aromatic rings. The minimum absolute atomic E-state index is 0.118. The molecule has 10 nitrogen and oxygen atoms in total. The number of nitriles is 1. The van der Waals surface area contributed by atoms with Crippen molar-refractivity contribution in [2.75, 3.05) is 5.73 Å². The molecule has 0 aliphatic rings. The molecule has 0 radical (unpaired) electrons. The highest BCUT2D eigenvalue weighted by atomic mass is 16.6. The Balaban J connectivity index is 1.81. The van der Waals surface area contributed by atoms with Gasteiger partial charge in [-0.2, -0.15) is 20.1 Å².